The summed E-state index contributed by atoms with van der Waals surface area (Å²) in [5.41, 5.74) is 2.68. The van der Waals surface area contributed by atoms with Crippen molar-refractivity contribution in [1.82, 2.24) is 19.3 Å². The van der Waals surface area contributed by atoms with Gasteiger partial charge in [0, 0.05) is 20.2 Å². The van der Waals surface area contributed by atoms with E-state index in [1.165, 1.54) is 11.8 Å². The molecule has 0 atom stereocenters. The van der Waals surface area contributed by atoms with E-state index in [0.717, 1.165) is 34.9 Å². The van der Waals surface area contributed by atoms with Gasteiger partial charge in [-0.3, -0.25) is 9.48 Å². The molecule has 2 aromatic rings. The third-order valence-electron chi connectivity index (χ3n) is 3.90. The van der Waals surface area contributed by atoms with Gasteiger partial charge in [-0.25, -0.2) is 4.98 Å². The highest BCUT2D eigenvalue weighted by Gasteiger charge is 2.34. The molecule has 0 spiro atoms. The SMILES string of the molecule is COC1CC(n2c(SCC(=O)O)nc3c(C)nn(C)c32)C1. The molecular weight excluding hydrogens is 292 g/mol. The molecule has 0 aromatic carbocycles. The van der Waals surface area contributed by atoms with Crippen molar-refractivity contribution in [2.45, 2.75) is 37.1 Å². The maximum Gasteiger partial charge on any atom is 0.313 e. The number of aromatic nitrogens is 4. The number of thioether (sulfide) groups is 1. The molecule has 0 bridgehead atoms. The van der Waals surface area contributed by atoms with Gasteiger partial charge in [-0.2, -0.15) is 5.10 Å². The molecule has 2 aromatic heterocycles. The van der Waals surface area contributed by atoms with E-state index in [-0.39, 0.29) is 11.9 Å². The molecule has 2 heterocycles. The Morgan fingerprint density at radius 3 is 2.86 bits per heavy atom. The first-order chi connectivity index (χ1) is 10.0. The lowest BCUT2D eigenvalue weighted by molar-refractivity contribution is -0.133. The number of nitrogens with zero attached hydrogens (tertiary/aromatic N) is 4. The summed E-state index contributed by atoms with van der Waals surface area (Å²) >= 11 is 1.26. The third kappa shape index (κ3) is 2.42. The fourth-order valence-electron chi connectivity index (χ4n) is 2.77. The number of hydrogen-bond donors (Lipinski definition) is 1. The molecule has 1 aliphatic carbocycles. The topological polar surface area (TPSA) is 82.2 Å². The van der Waals surface area contributed by atoms with E-state index in [9.17, 15) is 4.79 Å². The van der Waals surface area contributed by atoms with E-state index in [0.29, 0.717) is 6.04 Å². The lowest BCUT2D eigenvalue weighted by Gasteiger charge is -2.35. The molecule has 3 rings (SSSR count). The van der Waals surface area contributed by atoms with Gasteiger partial charge < -0.3 is 14.4 Å². The second-order valence-corrected chi connectivity index (χ2v) is 6.25. The van der Waals surface area contributed by atoms with Gasteiger partial charge in [0.15, 0.2) is 10.8 Å². The van der Waals surface area contributed by atoms with E-state index in [4.69, 9.17) is 9.84 Å². The van der Waals surface area contributed by atoms with Crippen LogP contribution in [0.25, 0.3) is 11.2 Å². The van der Waals surface area contributed by atoms with Crippen molar-refractivity contribution in [2.75, 3.05) is 12.9 Å². The highest BCUT2D eigenvalue weighted by atomic mass is 32.2. The van der Waals surface area contributed by atoms with Crippen LogP contribution < -0.4 is 0 Å². The molecule has 8 heteroatoms. The second kappa shape index (κ2) is 5.34. The van der Waals surface area contributed by atoms with Crippen LogP contribution in [0.5, 0.6) is 0 Å². The van der Waals surface area contributed by atoms with Crippen LogP contribution in [0.4, 0.5) is 0 Å². The van der Waals surface area contributed by atoms with Crippen molar-refractivity contribution >= 4 is 28.9 Å². The predicted molar refractivity (Wildman–Crippen MR) is 78.7 cm³/mol. The number of aryl methyl sites for hydroxylation is 2. The number of fused-ring (bicyclic) bond motifs is 1. The summed E-state index contributed by atoms with van der Waals surface area (Å²) in [7, 11) is 3.62. The van der Waals surface area contributed by atoms with Crippen molar-refractivity contribution in [1.29, 1.82) is 0 Å². The molecule has 0 amide bonds. The van der Waals surface area contributed by atoms with Gasteiger partial charge in [-0.1, -0.05) is 11.8 Å². The summed E-state index contributed by atoms with van der Waals surface area (Å²) in [6.45, 7) is 1.92. The fourth-order valence-corrected chi connectivity index (χ4v) is 3.56. The van der Waals surface area contributed by atoms with Gasteiger partial charge in [0.2, 0.25) is 0 Å². The number of aliphatic carboxylic acids is 1. The Hall–Kier alpha value is -1.54. The zero-order valence-corrected chi connectivity index (χ0v) is 13.1. The summed E-state index contributed by atoms with van der Waals surface area (Å²) < 4.78 is 9.29. The number of ether oxygens (including phenoxy) is 1. The molecule has 21 heavy (non-hydrogen) atoms. The smallest absolute Gasteiger partial charge is 0.313 e. The van der Waals surface area contributed by atoms with Crippen LogP contribution in [0.15, 0.2) is 5.16 Å². The van der Waals surface area contributed by atoms with Crippen LogP contribution in [0, 0.1) is 6.92 Å². The minimum atomic E-state index is -0.836. The number of rotatable bonds is 5. The van der Waals surface area contributed by atoms with Crippen LogP contribution in [0.1, 0.15) is 24.6 Å². The Morgan fingerprint density at radius 2 is 2.24 bits per heavy atom. The molecule has 0 radical (unpaired) electrons. The molecule has 1 N–H and O–H groups in total. The highest BCUT2D eigenvalue weighted by Crippen LogP contribution is 2.40. The largest absolute Gasteiger partial charge is 0.481 e. The van der Waals surface area contributed by atoms with Crippen LogP contribution in [-0.2, 0) is 16.6 Å². The van der Waals surface area contributed by atoms with Crippen molar-refractivity contribution in [2.24, 2.45) is 7.05 Å². The first kappa shape index (κ1) is 14.4. The normalized spacial score (nSPS) is 21.7. The number of hydrogen-bond acceptors (Lipinski definition) is 5. The van der Waals surface area contributed by atoms with E-state index < -0.39 is 5.97 Å². The number of carbonyl (C=O) groups is 1. The maximum atomic E-state index is 10.8. The highest BCUT2D eigenvalue weighted by molar-refractivity contribution is 7.99. The van der Waals surface area contributed by atoms with Gasteiger partial charge in [0.25, 0.3) is 0 Å². The lowest BCUT2D eigenvalue weighted by atomic mass is 9.89. The van der Waals surface area contributed by atoms with Crippen LogP contribution in [-0.4, -0.2) is 49.4 Å². The molecule has 1 saturated carbocycles. The van der Waals surface area contributed by atoms with Crippen molar-refractivity contribution in [3.8, 4) is 0 Å². The fraction of sp³-hybridized carbons (Fsp3) is 0.615. The van der Waals surface area contributed by atoms with Crippen LogP contribution in [0.3, 0.4) is 0 Å². The number of carboxylic acids is 1. The van der Waals surface area contributed by atoms with E-state index in [1.54, 1.807) is 7.11 Å². The van der Waals surface area contributed by atoms with Crippen molar-refractivity contribution < 1.29 is 14.6 Å². The molecule has 0 saturated heterocycles. The Morgan fingerprint density at radius 1 is 1.52 bits per heavy atom. The summed E-state index contributed by atoms with van der Waals surface area (Å²) in [5.74, 6) is -0.826. The minimum Gasteiger partial charge on any atom is -0.481 e. The molecule has 1 fully saturated rings. The molecule has 1 aliphatic rings. The zero-order valence-electron chi connectivity index (χ0n) is 12.2. The third-order valence-corrected chi connectivity index (χ3v) is 4.83. The van der Waals surface area contributed by atoms with Gasteiger partial charge in [0.05, 0.1) is 17.6 Å². The van der Waals surface area contributed by atoms with E-state index >= 15 is 0 Å². The number of methoxy groups -OCH3 is 1. The van der Waals surface area contributed by atoms with Crippen molar-refractivity contribution in [3.05, 3.63) is 5.69 Å². The molecule has 114 valence electrons. The predicted octanol–water partition coefficient (Wildman–Crippen LogP) is 1.60. The van der Waals surface area contributed by atoms with Crippen LogP contribution >= 0.6 is 11.8 Å². The average molecular weight is 310 g/mol. The average Bonchev–Trinajstić information content (AvgIpc) is 2.86. The Kier molecular flexibility index (Phi) is 3.66. The molecule has 7 nitrogen and oxygen atoms in total. The van der Waals surface area contributed by atoms with Crippen LogP contribution in [0.2, 0.25) is 0 Å². The first-order valence-corrected chi connectivity index (χ1v) is 7.78. The summed E-state index contributed by atoms with van der Waals surface area (Å²) in [5, 5.41) is 14.1. The van der Waals surface area contributed by atoms with Gasteiger partial charge in [-0.15, -0.1) is 0 Å². The Balaban J connectivity index is 2.00. The monoisotopic (exact) mass is 310 g/mol. The number of imidazole rings is 1. The number of carboxylic acid groups (broad SMARTS) is 1. The standard InChI is InChI=1S/C13H18N4O3S/c1-7-11-12(16(2)15-7)17(8-4-9(5-8)20-3)13(14-11)21-6-10(18)19/h8-9H,4-6H2,1-3H3,(H,18,19). The van der Waals surface area contributed by atoms with Gasteiger partial charge >= 0.3 is 5.97 Å². The maximum absolute atomic E-state index is 10.8. The van der Waals surface area contributed by atoms with Crippen molar-refractivity contribution in [3.63, 3.8) is 0 Å². The summed E-state index contributed by atoms with van der Waals surface area (Å²) in [6, 6.07) is 0.297. The summed E-state index contributed by atoms with van der Waals surface area (Å²) in [6.07, 6.45) is 2.12. The minimum absolute atomic E-state index is 0.0101. The zero-order chi connectivity index (χ0) is 15.1. The molecule has 0 aliphatic heterocycles. The quantitative estimate of drug-likeness (QED) is 0.845. The van der Waals surface area contributed by atoms with E-state index in [1.807, 2.05) is 18.7 Å². The Bertz CT molecular complexity index is 687. The Labute approximate surface area is 126 Å². The second-order valence-electron chi connectivity index (χ2n) is 5.31. The molecule has 0 unspecified atom stereocenters. The van der Waals surface area contributed by atoms with Gasteiger partial charge in [-0.05, 0) is 19.8 Å². The van der Waals surface area contributed by atoms with Gasteiger partial charge in [0.1, 0.15) is 5.52 Å². The summed E-state index contributed by atoms with van der Waals surface area (Å²) in [4.78, 5) is 15.4. The lowest BCUT2D eigenvalue weighted by Crippen LogP contribution is -2.33. The van der Waals surface area contributed by atoms with E-state index in [2.05, 4.69) is 14.6 Å². The molecular formula is C13H18N4O3S. The first-order valence-electron chi connectivity index (χ1n) is 6.80.